The summed E-state index contributed by atoms with van der Waals surface area (Å²) in [7, 11) is 0. The molecule has 1 aliphatic carbocycles. The van der Waals surface area contributed by atoms with Crippen molar-refractivity contribution in [3.8, 4) is 0 Å². The van der Waals surface area contributed by atoms with Gasteiger partial charge in [0, 0.05) is 12.2 Å². The Balaban J connectivity index is 2.20. The Kier molecular flexibility index (Phi) is 4.20. The first-order chi connectivity index (χ1) is 9.02. The van der Waals surface area contributed by atoms with Gasteiger partial charge in [-0.3, -0.25) is 0 Å². The summed E-state index contributed by atoms with van der Waals surface area (Å²) in [5, 5.41) is 3.71. The topological polar surface area (TPSA) is 64.3 Å². The van der Waals surface area contributed by atoms with E-state index < -0.39 is 5.97 Å². The molecule has 2 atom stereocenters. The Hall–Kier alpha value is -1.42. The van der Waals surface area contributed by atoms with E-state index in [1.54, 1.807) is 19.1 Å². The number of nitrogens with two attached hydrogens (primary N) is 1. The molecule has 0 saturated heterocycles. The zero-order valence-corrected chi connectivity index (χ0v) is 12.0. The fourth-order valence-corrected chi connectivity index (χ4v) is 2.39. The van der Waals surface area contributed by atoms with E-state index >= 15 is 0 Å². The van der Waals surface area contributed by atoms with Crippen LogP contribution in [0.5, 0.6) is 0 Å². The molecule has 1 aliphatic rings. The number of nitrogen functional groups attached to an aromatic ring is 1. The lowest BCUT2D eigenvalue weighted by Gasteiger charge is -2.14. The van der Waals surface area contributed by atoms with Crippen molar-refractivity contribution in [3.63, 3.8) is 0 Å². The van der Waals surface area contributed by atoms with Crippen molar-refractivity contribution in [2.75, 3.05) is 24.2 Å². The molecule has 2 unspecified atom stereocenters. The van der Waals surface area contributed by atoms with E-state index in [1.807, 2.05) is 0 Å². The maximum Gasteiger partial charge on any atom is 0.340 e. The number of ether oxygens (including phenoxy) is 1. The summed E-state index contributed by atoms with van der Waals surface area (Å²) in [4.78, 5) is 11.9. The summed E-state index contributed by atoms with van der Waals surface area (Å²) in [6.45, 7) is 5.12. The molecule has 0 spiro atoms. The lowest BCUT2D eigenvalue weighted by molar-refractivity contribution is 0.0527. The molecular formula is C14H19ClN2O2. The quantitative estimate of drug-likeness (QED) is 0.643. The lowest BCUT2D eigenvalue weighted by Crippen LogP contribution is -2.13. The van der Waals surface area contributed by atoms with Gasteiger partial charge in [-0.15, -0.1) is 0 Å². The van der Waals surface area contributed by atoms with Crippen LogP contribution in [0.15, 0.2) is 12.1 Å². The number of anilines is 2. The third-order valence-corrected chi connectivity index (χ3v) is 3.72. The van der Waals surface area contributed by atoms with Gasteiger partial charge < -0.3 is 15.8 Å². The minimum Gasteiger partial charge on any atom is -0.462 e. The first kappa shape index (κ1) is 14.0. The monoisotopic (exact) mass is 282 g/mol. The third kappa shape index (κ3) is 3.32. The van der Waals surface area contributed by atoms with Gasteiger partial charge in [-0.05, 0) is 37.3 Å². The molecule has 0 heterocycles. The summed E-state index contributed by atoms with van der Waals surface area (Å²) >= 11 is 6.17. The Morgan fingerprint density at radius 3 is 2.84 bits per heavy atom. The second-order valence-corrected chi connectivity index (χ2v) is 5.41. The molecule has 0 radical (unpaired) electrons. The molecule has 1 saturated carbocycles. The second kappa shape index (κ2) is 5.70. The molecule has 104 valence electrons. The van der Waals surface area contributed by atoms with E-state index in [2.05, 4.69) is 12.2 Å². The molecule has 3 N–H and O–H groups in total. The minimum absolute atomic E-state index is 0.324. The summed E-state index contributed by atoms with van der Waals surface area (Å²) in [6.07, 6.45) is 1.22. The van der Waals surface area contributed by atoms with Crippen LogP contribution in [-0.2, 0) is 4.74 Å². The van der Waals surface area contributed by atoms with Crippen LogP contribution >= 0.6 is 11.6 Å². The zero-order chi connectivity index (χ0) is 14.0. The van der Waals surface area contributed by atoms with Crippen molar-refractivity contribution in [1.29, 1.82) is 0 Å². The number of esters is 1. The van der Waals surface area contributed by atoms with E-state index in [0.29, 0.717) is 34.5 Å². The maximum atomic E-state index is 11.9. The van der Waals surface area contributed by atoms with Crippen molar-refractivity contribution >= 4 is 28.9 Å². The first-order valence-electron chi connectivity index (χ1n) is 6.53. The van der Waals surface area contributed by atoms with Crippen molar-refractivity contribution in [3.05, 3.63) is 22.7 Å². The summed E-state index contributed by atoms with van der Waals surface area (Å²) < 4.78 is 5.03. The first-order valence-corrected chi connectivity index (χ1v) is 6.90. The largest absolute Gasteiger partial charge is 0.462 e. The van der Waals surface area contributed by atoms with E-state index in [-0.39, 0.29) is 0 Å². The maximum absolute atomic E-state index is 11.9. The smallest absolute Gasteiger partial charge is 0.340 e. The van der Waals surface area contributed by atoms with Crippen molar-refractivity contribution in [2.24, 2.45) is 11.8 Å². The van der Waals surface area contributed by atoms with Crippen LogP contribution in [0.2, 0.25) is 5.02 Å². The van der Waals surface area contributed by atoms with Crippen LogP contribution < -0.4 is 11.1 Å². The predicted molar refractivity (Wildman–Crippen MR) is 77.6 cm³/mol. The van der Waals surface area contributed by atoms with Gasteiger partial charge in [-0.1, -0.05) is 18.5 Å². The minimum atomic E-state index is -0.400. The van der Waals surface area contributed by atoms with Crippen LogP contribution in [-0.4, -0.2) is 19.1 Å². The highest BCUT2D eigenvalue weighted by molar-refractivity contribution is 6.34. The fourth-order valence-electron chi connectivity index (χ4n) is 2.09. The number of rotatable bonds is 5. The van der Waals surface area contributed by atoms with Gasteiger partial charge in [0.1, 0.15) is 0 Å². The van der Waals surface area contributed by atoms with Crippen molar-refractivity contribution < 1.29 is 9.53 Å². The summed E-state index contributed by atoms with van der Waals surface area (Å²) in [6, 6.07) is 3.24. The lowest BCUT2D eigenvalue weighted by atomic mass is 10.1. The normalized spacial score (nSPS) is 21.0. The number of halogens is 1. The van der Waals surface area contributed by atoms with Crippen LogP contribution in [0, 0.1) is 11.8 Å². The molecule has 0 aromatic heterocycles. The molecular weight excluding hydrogens is 264 g/mol. The van der Waals surface area contributed by atoms with Crippen LogP contribution in [0.25, 0.3) is 0 Å². The fraction of sp³-hybridized carbons (Fsp3) is 0.500. The van der Waals surface area contributed by atoms with E-state index in [4.69, 9.17) is 22.1 Å². The average molecular weight is 283 g/mol. The Morgan fingerprint density at radius 2 is 2.26 bits per heavy atom. The van der Waals surface area contributed by atoms with Gasteiger partial charge in [0.25, 0.3) is 0 Å². The Morgan fingerprint density at radius 1 is 1.58 bits per heavy atom. The number of benzene rings is 1. The van der Waals surface area contributed by atoms with Gasteiger partial charge in [0.05, 0.1) is 22.9 Å². The van der Waals surface area contributed by atoms with E-state index in [1.165, 1.54) is 6.42 Å². The van der Waals surface area contributed by atoms with Gasteiger partial charge >= 0.3 is 5.97 Å². The average Bonchev–Trinajstić information content (AvgIpc) is 3.03. The van der Waals surface area contributed by atoms with Crippen LogP contribution in [0.4, 0.5) is 11.4 Å². The second-order valence-electron chi connectivity index (χ2n) is 5.00. The molecule has 1 aromatic rings. The van der Waals surface area contributed by atoms with Crippen LogP contribution in [0.1, 0.15) is 30.6 Å². The summed E-state index contributed by atoms with van der Waals surface area (Å²) in [5.41, 5.74) is 7.21. The molecule has 19 heavy (non-hydrogen) atoms. The Labute approximate surface area is 118 Å². The molecule has 5 heteroatoms. The predicted octanol–water partition coefficient (Wildman–Crippen LogP) is 3.17. The number of hydrogen-bond donors (Lipinski definition) is 2. The molecule has 4 nitrogen and oxygen atoms in total. The highest BCUT2D eigenvalue weighted by Crippen LogP contribution is 2.38. The number of carbonyl (C=O) groups excluding carboxylic acids is 1. The van der Waals surface area contributed by atoms with Gasteiger partial charge in [0.2, 0.25) is 0 Å². The van der Waals surface area contributed by atoms with E-state index in [0.717, 1.165) is 12.5 Å². The third-order valence-electron chi connectivity index (χ3n) is 3.43. The van der Waals surface area contributed by atoms with Gasteiger partial charge in [-0.2, -0.15) is 0 Å². The molecule has 0 bridgehead atoms. The highest BCUT2D eigenvalue weighted by atomic mass is 35.5. The van der Waals surface area contributed by atoms with Crippen molar-refractivity contribution in [2.45, 2.75) is 20.3 Å². The summed E-state index contributed by atoms with van der Waals surface area (Å²) in [5.74, 6) is 0.998. The zero-order valence-electron chi connectivity index (χ0n) is 11.2. The highest BCUT2D eigenvalue weighted by Gasteiger charge is 2.32. The van der Waals surface area contributed by atoms with Crippen molar-refractivity contribution in [1.82, 2.24) is 0 Å². The molecule has 2 rings (SSSR count). The molecule has 0 amide bonds. The van der Waals surface area contributed by atoms with Crippen LogP contribution in [0.3, 0.4) is 0 Å². The van der Waals surface area contributed by atoms with E-state index in [9.17, 15) is 4.79 Å². The van der Waals surface area contributed by atoms with Gasteiger partial charge in [-0.25, -0.2) is 4.79 Å². The molecule has 1 fully saturated rings. The number of carbonyl (C=O) groups is 1. The number of hydrogen-bond acceptors (Lipinski definition) is 4. The standard InChI is InChI=1S/C14H19ClN2O2/c1-3-19-14(18)11-5-10(16)6-12(15)13(11)17-7-9-4-8(9)2/h5-6,8-9,17H,3-4,7,16H2,1-2H3. The molecule has 0 aliphatic heterocycles. The van der Waals surface area contributed by atoms with Gasteiger partial charge in [0.15, 0.2) is 0 Å². The number of nitrogens with one attached hydrogen (secondary N) is 1. The molecule has 1 aromatic carbocycles. The Bertz CT molecular complexity index is 491. The SMILES string of the molecule is CCOC(=O)c1cc(N)cc(Cl)c1NCC1CC1C.